The number of methoxy groups -OCH3 is 1. The van der Waals surface area contributed by atoms with Gasteiger partial charge in [-0.1, -0.05) is 36.1 Å². The number of hydrogen-bond donors (Lipinski definition) is 1. The lowest BCUT2D eigenvalue weighted by atomic mass is 9.93. The summed E-state index contributed by atoms with van der Waals surface area (Å²) in [7, 11) is 1.58. The number of benzene rings is 2. The first-order chi connectivity index (χ1) is 19.5. The van der Waals surface area contributed by atoms with Gasteiger partial charge in [-0.25, -0.2) is 14.2 Å². The molecule has 1 aliphatic carbocycles. The number of alkyl halides is 3. The van der Waals surface area contributed by atoms with Crippen LogP contribution < -0.4 is 9.64 Å². The number of aromatic carboxylic acids is 1. The molecule has 0 unspecified atom stereocenters. The molecule has 2 fully saturated rings. The van der Waals surface area contributed by atoms with Crippen molar-refractivity contribution in [3.63, 3.8) is 0 Å². The van der Waals surface area contributed by atoms with Crippen LogP contribution in [0.15, 0.2) is 54.3 Å². The van der Waals surface area contributed by atoms with E-state index in [1.54, 1.807) is 19.2 Å². The highest BCUT2D eigenvalue weighted by atomic mass is 32.1. The van der Waals surface area contributed by atoms with Crippen LogP contribution in [0.25, 0.3) is 15.8 Å². The number of rotatable bonds is 10. The lowest BCUT2D eigenvalue weighted by Crippen LogP contribution is -2.46. The van der Waals surface area contributed by atoms with Gasteiger partial charge in [0.25, 0.3) is 0 Å². The Kier molecular flexibility index (Phi) is 8.23. The highest BCUT2D eigenvalue weighted by Gasteiger charge is 2.34. The molecule has 41 heavy (non-hydrogen) atoms. The number of fused-ring (bicyclic) bond motifs is 1. The topological polar surface area (TPSA) is 75.1 Å². The number of carbonyl (C=O) groups is 1. The van der Waals surface area contributed by atoms with E-state index in [2.05, 4.69) is 21.2 Å². The van der Waals surface area contributed by atoms with Crippen molar-refractivity contribution in [2.45, 2.75) is 25.6 Å². The summed E-state index contributed by atoms with van der Waals surface area (Å²) in [4.78, 5) is 20.0. The average molecular weight is 592 g/mol. The predicted octanol–water partition coefficient (Wildman–Crippen LogP) is 6.57. The Morgan fingerprint density at radius 2 is 1.88 bits per heavy atom. The monoisotopic (exact) mass is 591 g/mol. The lowest BCUT2D eigenvalue weighted by molar-refractivity contribution is -0.274. The van der Waals surface area contributed by atoms with Crippen molar-refractivity contribution in [3.8, 4) is 5.75 Å². The van der Waals surface area contributed by atoms with Gasteiger partial charge in [0, 0.05) is 44.2 Å². The Labute approximate surface area is 238 Å². The van der Waals surface area contributed by atoms with Crippen LogP contribution in [-0.2, 0) is 4.74 Å². The summed E-state index contributed by atoms with van der Waals surface area (Å²) >= 11 is 1.26. The van der Waals surface area contributed by atoms with E-state index in [1.807, 2.05) is 4.90 Å². The summed E-state index contributed by atoms with van der Waals surface area (Å²) in [6.07, 6.45) is -2.39. The van der Waals surface area contributed by atoms with Gasteiger partial charge >= 0.3 is 12.3 Å². The molecule has 2 aromatic carbocycles. The van der Waals surface area contributed by atoms with Gasteiger partial charge in [-0.2, -0.15) is 0 Å². The number of anilines is 1. The molecule has 0 atom stereocenters. The summed E-state index contributed by atoms with van der Waals surface area (Å²) < 4.78 is 64.2. The van der Waals surface area contributed by atoms with E-state index in [1.165, 1.54) is 29.5 Å². The molecule has 0 bridgehead atoms. The Hall–Kier alpha value is -3.64. The van der Waals surface area contributed by atoms with Crippen LogP contribution in [0, 0.1) is 11.7 Å². The van der Waals surface area contributed by atoms with E-state index >= 15 is 0 Å². The van der Waals surface area contributed by atoms with Gasteiger partial charge in [-0.3, -0.25) is 4.90 Å². The van der Waals surface area contributed by atoms with Crippen molar-refractivity contribution in [3.05, 3.63) is 71.3 Å². The first-order valence-electron chi connectivity index (χ1n) is 13.2. The van der Waals surface area contributed by atoms with Crippen molar-refractivity contribution < 1.29 is 36.9 Å². The first-order valence-corrected chi connectivity index (χ1v) is 14.0. The summed E-state index contributed by atoms with van der Waals surface area (Å²) in [6, 6.07) is 8.41. The van der Waals surface area contributed by atoms with Crippen molar-refractivity contribution in [1.29, 1.82) is 0 Å². The Morgan fingerprint density at radius 1 is 1.17 bits per heavy atom. The number of para-hydroxylation sites is 1. The quantitative estimate of drug-likeness (QED) is 0.162. The van der Waals surface area contributed by atoms with Crippen LogP contribution in [0.5, 0.6) is 5.75 Å². The van der Waals surface area contributed by atoms with Crippen molar-refractivity contribution >= 4 is 38.2 Å². The molecule has 3 aromatic rings. The van der Waals surface area contributed by atoms with Crippen LogP contribution in [0.2, 0.25) is 0 Å². The number of thiazole rings is 1. The second-order valence-electron chi connectivity index (χ2n) is 10.0. The van der Waals surface area contributed by atoms with Gasteiger partial charge in [0.1, 0.15) is 17.0 Å². The van der Waals surface area contributed by atoms with E-state index in [9.17, 15) is 27.5 Å². The number of halogens is 4. The molecule has 0 spiro atoms. The highest BCUT2D eigenvalue weighted by molar-refractivity contribution is 7.22. The molecule has 0 radical (unpaired) electrons. The van der Waals surface area contributed by atoms with Crippen LogP contribution in [-0.4, -0.2) is 67.2 Å². The maximum Gasteiger partial charge on any atom is 0.573 e. The van der Waals surface area contributed by atoms with Crippen molar-refractivity contribution in [1.82, 2.24) is 9.88 Å². The number of carboxylic acids is 1. The fourth-order valence-electron chi connectivity index (χ4n) is 5.07. The Bertz CT molecular complexity index is 1490. The minimum Gasteiger partial charge on any atom is -0.501 e. The molecule has 5 rings (SSSR count). The van der Waals surface area contributed by atoms with E-state index in [0.717, 1.165) is 30.2 Å². The summed E-state index contributed by atoms with van der Waals surface area (Å²) in [5.74, 6) is -1.18. The minimum absolute atomic E-state index is 0.116. The second kappa shape index (κ2) is 11.7. The molecule has 7 nitrogen and oxygen atoms in total. The summed E-state index contributed by atoms with van der Waals surface area (Å²) in [5.41, 5.74) is 1.55. The number of aromatic nitrogens is 1. The second-order valence-corrected chi connectivity index (χ2v) is 11.0. The molecule has 1 saturated heterocycles. The zero-order valence-electron chi connectivity index (χ0n) is 22.3. The molecule has 1 aromatic heterocycles. The SMILES string of the molecule is C=C(/C(CCN1CCN(c2nc3c(F)cc(C(=O)O)cc3s2)CC1)=C(\OC)C1CC1)c1ccccc1OC(F)(F)F. The molecule has 1 N–H and O–H groups in total. The zero-order valence-corrected chi connectivity index (χ0v) is 23.2. The Morgan fingerprint density at radius 3 is 2.51 bits per heavy atom. The van der Waals surface area contributed by atoms with E-state index in [0.29, 0.717) is 54.5 Å². The number of hydrogen-bond acceptors (Lipinski definition) is 7. The predicted molar refractivity (Wildman–Crippen MR) is 149 cm³/mol. The third-order valence-corrected chi connectivity index (χ3v) is 8.34. The number of nitrogens with zero attached hydrogens (tertiary/aromatic N) is 3. The fourth-order valence-corrected chi connectivity index (χ4v) is 6.14. The summed E-state index contributed by atoms with van der Waals surface area (Å²) in [6.45, 7) is 7.46. The van der Waals surface area contributed by atoms with Crippen LogP contribution >= 0.6 is 11.3 Å². The largest absolute Gasteiger partial charge is 0.573 e. The minimum atomic E-state index is -4.83. The number of ether oxygens (including phenoxy) is 2. The first kappa shape index (κ1) is 28.9. The van der Waals surface area contributed by atoms with Gasteiger partial charge in [-0.15, -0.1) is 13.2 Å². The molecule has 2 heterocycles. The molecule has 218 valence electrons. The molecule has 0 amide bonds. The van der Waals surface area contributed by atoms with Crippen molar-refractivity contribution in [2.75, 3.05) is 44.7 Å². The molecule has 2 aliphatic rings. The maximum absolute atomic E-state index is 14.4. The van der Waals surface area contributed by atoms with Gasteiger partial charge < -0.3 is 19.5 Å². The zero-order chi connectivity index (χ0) is 29.3. The third-order valence-electron chi connectivity index (χ3n) is 7.27. The Balaban J connectivity index is 1.28. The van der Waals surface area contributed by atoms with Gasteiger partial charge in [0.2, 0.25) is 0 Å². The number of allylic oxidation sites excluding steroid dienone is 2. The summed E-state index contributed by atoms with van der Waals surface area (Å²) in [5, 5.41) is 9.85. The maximum atomic E-state index is 14.4. The number of piperazine rings is 1. The smallest absolute Gasteiger partial charge is 0.501 e. The number of carboxylic acid groups (broad SMARTS) is 1. The van der Waals surface area contributed by atoms with Crippen LogP contribution in [0.3, 0.4) is 0 Å². The third kappa shape index (κ3) is 6.65. The van der Waals surface area contributed by atoms with E-state index in [4.69, 9.17) is 4.74 Å². The van der Waals surface area contributed by atoms with Crippen molar-refractivity contribution in [2.24, 2.45) is 5.92 Å². The molecule has 12 heteroatoms. The molecule has 1 saturated carbocycles. The van der Waals surface area contributed by atoms with Gasteiger partial charge in [0.05, 0.1) is 17.4 Å². The van der Waals surface area contributed by atoms with E-state index in [-0.39, 0.29) is 28.3 Å². The lowest BCUT2D eigenvalue weighted by Gasteiger charge is -2.35. The highest BCUT2D eigenvalue weighted by Crippen LogP contribution is 2.43. The standard InChI is InChI=1S/C29H29F4N3O4S/c1-17(20-5-3-4-6-23(20)40-29(31,32)33)21(26(39-2)18-7-8-18)9-10-35-11-13-36(14-12-35)28-34-25-22(30)15-19(27(37)38)16-24(25)41-28/h3-6,15-16,18H,1,7-14H2,2H3,(H,37,38)/b26-21-. The van der Waals surface area contributed by atoms with Gasteiger partial charge in [0.15, 0.2) is 10.9 Å². The average Bonchev–Trinajstić information content (AvgIpc) is 3.67. The van der Waals surface area contributed by atoms with Gasteiger partial charge in [-0.05, 0) is 48.6 Å². The van der Waals surface area contributed by atoms with E-state index < -0.39 is 18.1 Å². The molecular weight excluding hydrogens is 562 g/mol. The fraction of sp³-hybridized carbons (Fsp3) is 0.379. The molecular formula is C29H29F4N3O4S. The normalized spacial score (nSPS) is 17.0. The molecule has 1 aliphatic heterocycles. The van der Waals surface area contributed by atoms with Crippen LogP contribution in [0.1, 0.15) is 35.2 Å². The van der Waals surface area contributed by atoms with Crippen LogP contribution in [0.4, 0.5) is 22.7 Å².